The van der Waals surface area contributed by atoms with Gasteiger partial charge < -0.3 is 5.32 Å². The molecule has 0 spiro atoms. The third-order valence-corrected chi connectivity index (χ3v) is 4.80. The Morgan fingerprint density at radius 2 is 1.96 bits per heavy atom. The molecule has 1 aliphatic carbocycles. The Balaban J connectivity index is 1.57. The minimum atomic E-state index is -0.263. The summed E-state index contributed by atoms with van der Waals surface area (Å²) in [5.74, 6) is 1.70. The Hall–Kier alpha value is -2.47. The molecule has 7 heteroatoms. The van der Waals surface area contributed by atoms with E-state index < -0.39 is 0 Å². The van der Waals surface area contributed by atoms with Crippen molar-refractivity contribution in [1.29, 1.82) is 0 Å². The SMILES string of the molecule is Cc1c(C(C)Nc2cc(Cl)nc(C3CC3)n2)cnn1-c1ccc(F)cc1. The van der Waals surface area contributed by atoms with Crippen molar-refractivity contribution in [3.8, 4) is 5.69 Å². The van der Waals surface area contributed by atoms with Crippen LogP contribution >= 0.6 is 11.6 Å². The molecule has 1 aliphatic rings. The van der Waals surface area contributed by atoms with Crippen molar-refractivity contribution in [2.75, 3.05) is 5.32 Å². The third-order valence-electron chi connectivity index (χ3n) is 4.60. The maximum Gasteiger partial charge on any atom is 0.135 e. The van der Waals surface area contributed by atoms with E-state index in [1.807, 2.05) is 20.0 Å². The Morgan fingerprint density at radius 1 is 1.23 bits per heavy atom. The minimum absolute atomic E-state index is 0.0118. The highest BCUT2D eigenvalue weighted by Crippen LogP contribution is 2.39. The zero-order valence-corrected chi connectivity index (χ0v) is 15.3. The van der Waals surface area contributed by atoms with Gasteiger partial charge in [0, 0.05) is 23.2 Å². The van der Waals surface area contributed by atoms with Gasteiger partial charge in [-0.15, -0.1) is 0 Å². The van der Waals surface area contributed by atoms with E-state index in [4.69, 9.17) is 11.6 Å². The third kappa shape index (κ3) is 3.42. The van der Waals surface area contributed by atoms with Gasteiger partial charge in [0.05, 0.1) is 17.9 Å². The fourth-order valence-corrected chi connectivity index (χ4v) is 3.21. The second-order valence-corrected chi connectivity index (χ2v) is 7.04. The van der Waals surface area contributed by atoms with Gasteiger partial charge in [-0.1, -0.05) is 11.6 Å². The fourth-order valence-electron chi connectivity index (χ4n) is 3.02. The summed E-state index contributed by atoms with van der Waals surface area (Å²) in [7, 11) is 0. The highest BCUT2D eigenvalue weighted by atomic mass is 35.5. The van der Waals surface area contributed by atoms with Crippen LogP contribution in [0, 0.1) is 12.7 Å². The van der Waals surface area contributed by atoms with Crippen LogP contribution in [-0.2, 0) is 0 Å². The quantitative estimate of drug-likeness (QED) is 0.653. The van der Waals surface area contributed by atoms with Crippen LogP contribution in [0.2, 0.25) is 5.15 Å². The van der Waals surface area contributed by atoms with E-state index in [0.29, 0.717) is 16.9 Å². The van der Waals surface area contributed by atoms with Crippen LogP contribution in [0.1, 0.15) is 48.8 Å². The average Bonchev–Trinajstić information content (AvgIpc) is 3.38. The molecule has 1 N–H and O–H groups in total. The first-order chi connectivity index (χ1) is 12.5. The first-order valence-electron chi connectivity index (χ1n) is 8.63. The molecule has 0 amide bonds. The van der Waals surface area contributed by atoms with E-state index in [0.717, 1.165) is 35.6 Å². The number of anilines is 1. The van der Waals surface area contributed by atoms with Crippen LogP contribution < -0.4 is 5.32 Å². The predicted molar refractivity (Wildman–Crippen MR) is 99.3 cm³/mol. The monoisotopic (exact) mass is 371 g/mol. The van der Waals surface area contributed by atoms with Gasteiger partial charge in [0.1, 0.15) is 22.6 Å². The van der Waals surface area contributed by atoms with E-state index in [1.54, 1.807) is 22.9 Å². The van der Waals surface area contributed by atoms with E-state index in [1.165, 1.54) is 12.1 Å². The topological polar surface area (TPSA) is 55.6 Å². The molecule has 134 valence electrons. The van der Waals surface area contributed by atoms with Gasteiger partial charge >= 0.3 is 0 Å². The highest BCUT2D eigenvalue weighted by Gasteiger charge is 2.27. The molecule has 26 heavy (non-hydrogen) atoms. The van der Waals surface area contributed by atoms with Crippen molar-refractivity contribution in [2.24, 2.45) is 0 Å². The van der Waals surface area contributed by atoms with Crippen LogP contribution in [0.15, 0.2) is 36.5 Å². The number of hydrogen-bond donors (Lipinski definition) is 1. The molecule has 4 rings (SSSR count). The first kappa shape index (κ1) is 17.0. The molecular formula is C19H19ClFN5. The zero-order valence-electron chi connectivity index (χ0n) is 14.6. The molecule has 3 aromatic rings. The second kappa shape index (κ2) is 6.68. The lowest BCUT2D eigenvalue weighted by Gasteiger charge is -2.15. The van der Waals surface area contributed by atoms with Crippen molar-refractivity contribution in [1.82, 2.24) is 19.7 Å². The number of aromatic nitrogens is 4. The Kier molecular flexibility index (Phi) is 4.36. The van der Waals surface area contributed by atoms with Crippen LogP contribution in [0.4, 0.5) is 10.2 Å². The summed E-state index contributed by atoms with van der Waals surface area (Å²) >= 11 is 6.14. The second-order valence-electron chi connectivity index (χ2n) is 6.65. The summed E-state index contributed by atoms with van der Waals surface area (Å²) in [5, 5.41) is 8.29. The maximum atomic E-state index is 13.1. The summed E-state index contributed by atoms with van der Waals surface area (Å²) < 4.78 is 14.9. The van der Waals surface area contributed by atoms with Gasteiger partial charge in [-0.05, 0) is 51.0 Å². The summed E-state index contributed by atoms with van der Waals surface area (Å²) in [6.07, 6.45) is 4.07. The lowest BCUT2D eigenvalue weighted by Crippen LogP contribution is -2.10. The standard InChI is InChI=1S/C19H19ClFN5/c1-11(23-18-9-17(20)24-19(25-18)13-3-4-13)16-10-22-26(12(16)2)15-7-5-14(21)6-8-15/h5-11,13H,3-4H2,1-2H3,(H,23,24,25). The molecule has 0 bridgehead atoms. The number of hydrogen-bond acceptors (Lipinski definition) is 4. The van der Waals surface area contributed by atoms with Gasteiger partial charge in [0.25, 0.3) is 0 Å². The highest BCUT2D eigenvalue weighted by molar-refractivity contribution is 6.29. The Labute approximate surface area is 156 Å². The lowest BCUT2D eigenvalue weighted by atomic mass is 10.1. The smallest absolute Gasteiger partial charge is 0.135 e. The number of benzene rings is 1. The first-order valence-corrected chi connectivity index (χ1v) is 9.00. The van der Waals surface area contributed by atoms with Crippen molar-refractivity contribution in [2.45, 2.75) is 38.6 Å². The van der Waals surface area contributed by atoms with Crippen LogP contribution in [0.3, 0.4) is 0 Å². The Morgan fingerprint density at radius 3 is 2.65 bits per heavy atom. The van der Waals surface area contributed by atoms with Crippen LogP contribution in [0.5, 0.6) is 0 Å². The summed E-state index contributed by atoms with van der Waals surface area (Å²) in [6.45, 7) is 4.04. The molecule has 5 nitrogen and oxygen atoms in total. The molecule has 1 unspecified atom stereocenters. The average molecular weight is 372 g/mol. The minimum Gasteiger partial charge on any atom is -0.363 e. The van der Waals surface area contributed by atoms with E-state index in [2.05, 4.69) is 20.4 Å². The number of rotatable bonds is 5. The van der Waals surface area contributed by atoms with Gasteiger partial charge in [-0.2, -0.15) is 5.10 Å². The van der Waals surface area contributed by atoms with Crippen molar-refractivity contribution >= 4 is 17.4 Å². The summed E-state index contributed by atoms with van der Waals surface area (Å²) in [4.78, 5) is 8.90. The van der Waals surface area contributed by atoms with Crippen LogP contribution in [0.25, 0.3) is 5.69 Å². The van der Waals surface area contributed by atoms with Crippen molar-refractivity contribution in [3.63, 3.8) is 0 Å². The molecule has 0 aliphatic heterocycles. The van der Waals surface area contributed by atoms with Gasteiger partial charge in [0.15, 0.2) is 0 Å². The number of halogens is 2. The van der Waals surface area contributed by atoms with Crippen LogP contribution in [-0.4, -0.2) is 19.7 Å². The normalized spacial score (nSPS) is 15.1. The van der Waals surface area contributed by atoms with E-state index in [9.17, 15) is 4.39 Å². The lowest BCUT2D eigenvalue weighted by molar-refractivity contribution is 0.627. The van der Waals surface area contributed by atoms with E-state index >= 15 is 0 Å². The van der Waals surface area contributed by atoms with Crippen molar-refractivity contribution in [3.05, 3.63) is 64.6 Å². The molecule has 2 heterocycles. The van der Waals surface area contributed by atoms with Gasteiger partial charge in [-0.3, -0.25) is 0 Å². The number of nitrogens with one attached hydrogen (secondary N) is 1. The molecular weight excluding hydrogens is 353 g/mol. The molecule has 1 fully saturated rings. The molecule has 1 atom stereocenters. The Bertz CT molecular complexity index is 934. The molecule has 2 aromatic heterocycles. The fraction of sp³-hybridized carbons (Fsp3) is 0.316. The molecule has 1 aromatic carbocycles. The summed E-state index contributed by atoms with van der Waals surface area (Å²) in [5.41, 5.74) is 2.85. The van der Waals surface area contributed by atoms with Gasteiger partial charge in [-0.25, -0.2) is 19.0 Å². The zero-order chi connectivity index (χ0) is 18.3. The summed E-state index contributed by atoms with van der Waals surface area (Å²) in [6, 6.07) is 8.01. The number of nitrogens with zero attached hydrogens (tertiary/aromatic N) is 4. The molecule has 1 saturated carbocycles. The van der Waals surface area contributed by atoms with Gasteiger partial charge in [0.2, 0.25) is 0 Å². The molecule has 0 saturated heterocycles. The predicted octanol–water partition coefficient (Wildman–Crippen LogP) is 4.81. The largest absolute Gasteiger partial charge is 0.363 e. The maximum absolute atomic E-state index is 13.1. The van der Waals surface area contributed by atoms with Crippen molar-refractivity contribution < 1.29 is 4.39 Å². The van der Waals surface area contributed by atoms with E-state index in [-0.39, 0.29) is 11.9 Å². The molecule has 0 radical (unpaired) electrons.